The number of nitrogens with one attached hydrogen (secondary N) is 1. The number of carbonyl (C=O) groups excluding carboxylic acids is 1. The van der Waals surface area contributed by atoms with Crippen LogP contribution in [0.25, 0.3) is 0 Å². The van der Waals surface area contributed by atoms with Gasteiger partial charge in [0.25, 0.3) is 0 Å². The Hall–Kier alpha value is -2.50. The third-order valence-corrected chi connectivity index (χ3v) is 6.82. The molecule has 0 bridgehead atoms. The zero-order valence-corrected chi connectivity index (χ0v) is 18.4. The van der Waals surface area contributed by atoms with E-state index in [1.807, 2.05) is 36.4 Å². The van der Waals surface area contributed by atoms with Crippen molar-refractivity contribution < 1.29 is 4.79 Å². The third-order valence-electron chi connectivity index (χ3n) is 5.78. The standard InChI is InChI=1S/C25H29N3OS/c1-27(2)22-16-17-28(18-22)21-12-10-20(11-13-21)26-25(29)19-8-14-24(15-9-19)30-23-6-4-3-5-7-23/h3-8,10-15,19,22H,9,16-18H2,1-2H3,(H,26,29). The van der Waals surface area contributed by atoms with Crippen LogP contribution in [0, 0.1) is 5.92 Å². The lowest BCUT2D eigenvalue weighted by molar-refractivity contribution is -0.118. The van der Waals surface area contributed by atoms with Gasteiger partial charge in [-0.25, -0.2) is 0 Å². The Labute approximate surface area is 183 Å². The molecule has 30 heavy (non-hydrogen) atoms. The fourth-order valence-corrected chi connectivity index (χ4v) is 4.78. The van der Waals surface area contributed by atoms with E-state index in [9.17, 15) is 4.79 Å². The highest BCUT2D eigenvalue weighted by molar-refractivity contribution is 8.03. The first-order chi connectivity index (χ1) is 14.6. The fourth-order valence-electron chi connectivity index (χ4n) is 3.88. The van der Waals surface area contributed by atoms with Crippen LogP contribution in [-0.2, 0) is 4.79 Å². The molecule has 4 nitrogen and oxygen atoms in total. The number of thioether (sulfide) groups is 1. The summed E-state index contributed by atoms with van der Waals surface area (Å²) in [5, 5.41) is 3.07. The summed E-state index contributed by atoms with van der Waals surface area (Å²) in [6.45, 7) is 2.14. The van der Waals surface area contributed by atoms with Crippen molar-refractivity contribution in [2.24, 2.45) is 5.92 Å². The highest BCUT2D eigenvalue weighted by Crippen LogP contribution is 2.31. The van der Waals surface area contributed by atoms with E-state index < -0.39 is 0 Å². The minimum Gasteiger partial charge on any atom is -0.370 e. The van der Waals surface area contributed by atoms with Crippen LogP contribution >= 0.6 is 11.8 Å². The molecule has 5 heteroatoms. The van der Waals surface area contributed by atoms with Crippen molar-refractivity contribution in [3.63, 3.8) is 0 Å². The molecule has 1 aliphatic carbocycles. The summed E-state index contributed by atoms with van der Waals surface area (Å²) >= 11 is 1.73. The molecule has 2 atom stereocenters. The highest BCUT2D eigenvalue weighted by atomic mass is 32.2. The topological polar surface area (TPSA) is 35.6 Å². The van der Waals surface area contributed by atoms with E-state index in [1.54, 1.807) is 11.8 Å². The molecule has 0 radical (unpaired) electrons. The second-order valence-electron chi connectivity index (χ2n) is 8.11. The molecule has 1 amide bonds. The third kappa shape index (κ3) is 5.15. The molecule has 2 unspecified atom stereocenters. The number of hydrogen-bond acceptors (Lipinski definition) is 4. The van der Waals surface area contributed by atoms with Crippen molar-refractivity contribution in [3.8, 4) is 0 Å². The fraction of sp³-hybridized carbons (Fsp3) is 0.320. The van der Waals surface area contributed by atoms with E-state index in [0.29, 0.717) is 6.04 Å². The predicted molar refractivity (Wildman–Crippen MR) is 127 cm³/mol. The summed E-state index contributed by atoms with van der Waals surface area (Å²) in [4.78, 5) is 19.8. The minimum absolute atomic E-state index is 0.0489. The molecule has 1 aliphatic heterocycles. The number of rotatable bonds is 6. The monoisotopic (exact) mass is 419 g/mol. The van der Waals surface area contributed by atoms with Crippen LogP contribution in [0.5, 0.6) is 0 Å². The van der Waals surface area contributed by atoms with Gasteiger partial charge in [-0.2, -0.15) is 0 Å². The number of anilines is 2. The predicted octanol–water partition coefficient (Wildman–Crippen LogP) is 5.02. The number of hydrogen-bond donors (Lipinski definition) is 1. The van der Waals surface area contributed by atoms with Gasteiger partial charge in [0.05, 0.1) is 5.92 Å². The molecule has 156 valence electrons. The summed E-state index contributed by atoms with van der Waals surface area (Å²) in [5.74, 6) is -0.0721. The molecular weight excluding hydrogens is 390 g/mol. The first-order valence-corrected chi connectivity index (χ1v) is 11.3. The molecule has 2 aliphatic rings. The van der Waals surface area contributed by atoms with E-state index in [2.05, 4.69) is 65.6 Å². The largest absolute Gasteiger partial charge is 0.370 e. The van der Waals surface area contributed by atoms with Crippen LogP contribution in [0.1, 0.15) is 12.8 Å². The molecule has 0 spiro atoms. The number of benzene rings is 2. The maximum Gasteiger partial charge on any atom is 0.231 e. The van der Waals surface area contributed by atoms with Gasteiger partial charge in [0.15, 0.2) is 0 Å². The van der Waals surface area contributed by atoms with E-state index in [-0.39, 0.29) is 11.8 Å². The van der Waals surface area contributed by atoms with Crippen molar-refractivity contribution in [2.45, 2.75) is 23.8 Å². The number of amides is 1. The molecule has 1 fully saturated rings. The lowest BCUT2D eigenvalue weighted by Crippen LogP contribution is -2.31. The van der Waals surface area contributed by atoms with Crippen molar-refractivity contribution in [3.05, 3.63) is 77.7 Å². The van der Waals surface area contributed by atoms with Gasteiger partial charge in [-0.05, 0) is 63.3 Å². The Morgan fingerprint density at radius 2 is 1.87 bits per heavy atom. The molecule has 0 aromatic heterocycles. The molecule has 2 aromatic carbocycles. The van der Waals surface area contributed by atoms with Crippen LogP contribution in [0.4, 0.5) is 11.4 Å². The van der Waals surface area contributed by atoms with Gasteiger partial charge in [0, 0.05) is 40.3 Å². The van der Waals surface area contributed by atoms with Crippen LogP contribution in [0.2, 0.25) is 0 Å². The van der Waals surface area contributed by atoms with Gasteiger partial charge in [-0.3, -0.25) is 4.79 Å². The summed E-state index contributed by atoms with van der Waals surface area (Å²) in [5.41, 5.74) is 2.08. The first-order valence-electron chi connectivity index (χ1n) is 10.5. The number of nitrogens with zero attached hydrogens (tertiary/aromatic N) is 2. The molecule has 1 heterocycles. The maximum atomic E-state index is 12.7. The van der Waals surface area contributed by atoms with Gasteiger partial charge < -0.3 is 15.1 Å². The Bertz CT molecular complexity index is 921. The number of likely N-dealkylation sites (N-methyl/N-ethyl adjacent to an activating group) is 1. The Balaban J connectivity index is 1.29. The average molecular weight is 420 g/mol. The normalized spacial score (nSPS) is 21.0. The molecule has 0 saturated carbocycles. The Kier molecular flexibility index (Phi) is 6.60. The van der Waals surface area contributed by atoms with Gasteiger partial charge in [-0.15, -0.1) is 0 Å². The molecule has 2 aromatic rings. The molecule has 4 rings (SSSR count). The van der Waals surface area contributed by atoms with E-state index in [0.717, 1.165) is 25.2 Å². The van der Waals surface area contributed by atoms with Crippen molar-refractivity contribution in [2.75, 3.05) is 37.4 Å². The zero-order chi connectivity index (χ0) is 20.9. The van der Waals surface area contributed by atoms with Crippen LogP contribution < -0.4 is 10.2 Å². The smallest absolute Gasteiger partial charge is 0.231 e. The van der Waals surface area contributed by atoms with Crippen LogP contribution in [0.15, 0.2) is 82.6 Å². The number of allylic oxidation sites excluding steroid dienone is 2. The second-order valence-corrected chi connectivity index (χ2v) is 9.26. The first kappa shape index (κ1) is 20.8. The zero-order valence-electron chi connectivity index (χ0n) is 17.6. The summed E-state index contributed by atoms with van der Waals surface area (Å²) in [7, 11) is 4.29. The van der Waals surface area contributed by atoms with Gasteiger partial charge in [0.1, 0.15) is 0 Å². The average Bonchev–Trinajstić information content (AvgIpc) is 3.26. The van der Waals surface area contributed by atoms with E-state index in [4.69, 9.17) is 0 Å². The lowest BCUT2D eigenvalue weighted by atomic mass is 10.00. The van der Waals surface area contributed by atoms with Gasteiger partial charge >= 0.3 is 0 Å². The summed E-state index contributed by atoms with van der Waals surface area (Å²) in [6.07, 6.45) is 8.15. The van der Waals surface area contributed by atoms with E-state index in [1.165, 1.54) is 21.9 Å². The van der Waals surface area contributed by atoms with Crippen molar-refractivity contribution in [1.29, 1.82) is 0 Å². The second kappa shape index (κ2) is 9.54. The SMILES string of the molecule is CN(C)C1CCN(c2ccc(NC(=O)C3C=CC(Sc4ccccc4)=CC3)cc2)C1. The molecule has 1 N–H and O–H groups in total. The molecule has 1 saturated heterocycles. The van der Waals surface area contributed by atoms with Crippen LogP contribution in [-0.4, -0.2) is 44.0 Å². The minimum atomic E-state index is -0.121. The summed E-state index contributed by atoms with van der Waals surface area (Å²) in [6, 6.07) is 19.2. The van der Waals surface area contributed by atoms with Crippen LogP contribution in [0.3, 0.4) is 0 Å². The Morgan fingerprint density at radius 3 is 2.50 bits per heavy atom. The summed E-state index contributed by atoms with van der Waals surface area (Å²) < 4.78 is 0. The van der Waals surface area contributed by atoms with E-state index >= 15 is 0 Å². The Morgan fingerprint density at radius 1 is 1.10 bits per heavy atom. The number of carbonyl (C=O) groups is 1. The maximum absolute atomic E-state index is 12.7. The van der Waals surface area contributed by atoms with Gasteiger partial charge in [0.2, 0.25) is 5.91 Å². The molecular formula is C25H29N3OS. The quantitative estimate of drug-likeness (QED) is 0.713. The highest BCUT2D eigenvalue weighted by Gasteiger charge is 2.24. The van der Waals surface area contributed by atoms with Gasteiger partial charge in [-0.1, -0.05) is 48.2 Å². The lowest BCUT2D eigenvalue weighted by Gasteiger charge is -2.22. The van der Waals surface area contributed by atoms with Crippen molar-refractivity contribution >= 4 is 29.0 Å². The van der Waals surface area contributed by atoms with Crippen molar-refractivity contribution in [1.82, 2.24) is 4.90 Å².